The first-order valence-electron chi connectivity index (χ1n) is 9.76. The van der Waals surface area contributed by atoms with E-state index in [0.717, 1.165) is 37.2 Å². The van der Waals surface area contributed by atoms with E-state index in [1.54, 1.807) is 48.7 Å². The Hall–Kier alpha value is -2.71. The number of carbonyl (C=O) groups is 2. The second kappa shape index (κ2) is 8.97. The number of rotatable bonds is 6. The van der Waals surface area contributed by atoms with E-state index >= 15 is 0 Å². The van der Waals surface area contributed by atoms with Gasteiger partial charge in [0.05, 0.1) is 10.7 Å². The zero-order valence-corrected chi connectivity index (χ0v) is 17.9. The van der Waals surface area contributed by atoms with Crippen LogP contribution < -0.4 is 10.2 Å². The average Bonchev–Trinajstić information content (AvgIpc) is 3.49. The standard InChI is InChI=1S/C21H21ClN4O3S/c1-13-10-11-18(29-13)19(20(27)23-14-6-2-3-7-14)26(17-9-5-4-8-15(17)22)21(28)16-12-30-25-24-16/h4-5,8-12,14,19H,2-3,6-7H2,1H3,(H,23,27). The number of aryl methyl sites for hydroxylation is 1. The van der Waals surface area contributed by atoms with E-state index in [0.29, 0.717) is 22.2 Å². The highest BCUT2D eigenvalue weighted by molar-refractivity contribution is 7.03. The molecule has 2 aromatic heterocycles. The van der Waals surface area contributed by atoms with Crippen molar-refractivity contribution >= 4 is 40.6 Å². The molecular formula is C21H21ClN4O3S. The van der Waals surface area contributed by atoms with Gasteiger partial charge in [0, 0.05) is 11.4 Å². The number of halogens is 1. The van der Waals surface area contributed by atoms with Crippen LogP contribution in [-0.4, -0.2) is 27.4 Å². The Labute approximate surface area is 183 Å². The van der Waals surface area contributed by atoms with Crippen LogP contribution >= 0.6 is 23.1 Å². The maximum atomic E-state index is 13.5. The SMILES string of the molecule is Cc1ccc(C(C(=O)NC2CCCC2)N(C(=O)c2csnn2)c2ccccc2Cl)o1. The first kappa shape index (κ1) is 20.6. The van der Waals surface area contributed by atoms with Crippen molar-refractivity contribution in [2.75, 3.05) is 4.90 Å². The molecule has 1 unspecified atom stereocenters. The summed E-state index contributed by atoms with van der Waals surface area (Å²) in [6.45, 7) is 1.79. The molecule has 1 aliphatic rings. The fraction of sp³-hybridized carbons (Fsp3) is 0.333. The van der Waals surface area contributed by atoms with Crippen molar-refractivity contribution in [3.63, 3.8) is 0 Å². The number of nitrogens with one attached hydrogen (secondary N) is 1. The molecule has 9 heteroatoms. The minimum Gasteiger partial charge on any atom is -0.464 e. The fourth-order valence-corrected chi connectivity index (χ4v) is 4.38. The monoisotopic (exact) mass is 444 g/mol. The van der Waals surface area contributed by atoms with E-state index in [9.17, 15) is 9.59 Å². The normalized spacial score (nSPS) is 15.1. The van der Waals surface area contributed by atoms with Gasteiger partial charge in [-0.25, -0.2) is 0 Å². The number of anilines is 1. The lowest BCUT2D eigenvalue weighted by molar-refractivity contribution is -0.123. The smallest absolute Gasteiger partial charge is 0.280 e. The number of benzene rings is 1. The van der Waals surface area contributed by atoms with Crippen LogP contribution in [-0.2, 0) is 4.79 Å². The molecule has 156 valence electrons. The summed E-state index contributed by atoms with van der Waals surface area (Å²) in [6, 6.07) is 9.44. The predicted octanol–water partition coefficient (Wildman–Crippen LogP) is 4.54. The van der Waals surface area contributed by atoms with Gasteiger partial charge in [-0.2, -0.15) is 0 Å². The van der Waals surface area contributed by atoms with Crippen LogP contribution in [0.15, 0.2) is 46.2 Å². The largest absolute Gasteiger partial charge is 0.464 e. The molecule has 1 fully saturated rings. The van der Waals surface area contributed by atoms with Crippen molar-refractivity contribution in [3.8, 4) is 0 Å². The summed E-state index contributed by atoms with van der Waals surface area (Å²) in [7, 11) is 0. The lowest BCUT2D eigenvalue weighted by Gasteiger charge is -2.30. The van der Waals surface area contributed by atoms with Crippen molar-refractivity contribution in [2.24, 2.45) is 0 Å². The first-order valence-corrected chi connectivity index (χ1v) is 11.0. The zero-order valence-electron chi connectivity index (χ0n) is 16.4. The topological polar surface area (TPSA) is 88.3 Å². The zero-order chi connectivity index (χ0) is 21.1. The molecule has 30 heavy (non-hydrogen) atoms. The molecule has 7 nitrogen and oxygen atoms in total. The molecule has 1 aliphatic carbocycles. The number of nitrogens with zero attached hydrogens (tertiary/aromatic N) is 3. The summed E-state index contributed by atoms with van der Waals surface area (Å²) < 4.78 is 9.60. The average molecular weight is 445 g/mol. The lowest BCUT2D eigenvalue weighted by Crippen LogP contribution is -2.46. The Kier molecular flexibility index (Phi) is 6.15. The van der Waals surface area contributed by atoms with Gasteiger partial charge in [-0.3, -0.25) is 14.5 Å². The Balaban J connectivity index is 1.80. The quantitative estimate of drug-likeness (QED) is 0.603. The molecule has 0 saturated heterocycles. The molecule has 0 aliphatic heterocycles. The molecule has 1 atom stereocenters. The molecule has 3 aromatic rings. The van der Waals surface area contributed by atoms with Gasteiger partial charge in [-0.15, -0.1) is 5.10 Å². The predicted molar refractivity (Wildman–Crippen MR) is 115 cm³/mol. The Morgan fingerprint density at radius 3 is 2.63 bits per heavy atom. The van der Waals surface area contributed by atoms with Crippen LogP contribution in [0.5, 0.6) is 0 Å². The molecular weight excluding hydrogens is 424 g/mol. The summed E-state index contributed by atoms with van der Waals surface area (Å²) in [4.78, 5) is 28.3. The maximum Gasteiger partial charge on any atom is 0.280 e. The van der Waals surface area contributed by atoms with Gasteiger partial charge in [0.1, 0.15) is 11.5 Å². The van der Waals surface area contributed by atoms with Crippen LogP contribution in [0, 0.1) is 6.92 Å². The van der Waals surface area contributed by atoms with Gasteiger partial charge in [0.25, 0.3) is 11.8 Å². The third-order valence-corrected chi connectivity index (χ3v) is 5.97. The van der Waals surface area contributed by atoms with E-state index in [1.807, 2.05) is 0 Å². The highest BCUT2D eigenvalue weighted by Gasteiger charge is 2.38. The van der Waals surface area contributed by atoms with Crippen LogP contribution in [0.25, 0.3) is 0 Å². The lowest BCUT2D eigenvalue weighted by atomic mass is 10.1. The second-order valence-corrected chi connectivity index (χ2v) is 8.27. The number of hydrogen-bond acceptors (Lipinski definition) is 6. The van der Waals surface area contributed by atoms with Crippen LogP contribution in [0.1, 0.15) is 53.7 Å². The molecule has 4 rings (SSSR count). The van der Waals surface area contributed by atoms with Gasteiger partial charge >= 0.3 is 0 Å². The molecule has 2 amide bonds. The van der Waals surface area contributed by atoms with Crippen LogP contribution in [0.2, 0.25) is 5.02 Å². The summed E-state index contributed by atoms with van der Waals surface area (Å²) in [5, 5.41) is 8.89. The van der Waals surface area contributed by atoms with E-state index in [4.69, 9.17) is 16.0 Å². The van der Waals surface area contributed by atoms with Crippen molar-refractivity contribution in [1.29, 1.82) is 0 Å². The maximum absolute atomic E-state index is 13.5. The third-order valence-electron chi connectivity index (χ3n) is 5.15. The summed E-state index contributed by atoms with van der Waals surface area (Å²) in [6.07, 6.45) is 4.00. The number of para-hydroxylation sites is 1. The Morgan fingerprint density at radius 2 is 2.00 bits per heavy atom. The first-order chi connectivity index (χ1) is 14.5. The number of hydrogen-bond donors (Lipinski definition) is 1. The molecule has 0 radical (unpaired) electrons. The minimum atomic E-state index is -1.03. The second-order valence-electron chi connectivity index (χ2n) is 7.26. The van der Waals surface area contributed by atoms with Crippen molar-refractivity contribution < 1.29 is 14.0 Å². The van der Waals surface area contributed by atoms with E-state index < -0.39 is 11.9 Å². The van der Waals surface area contributed by atoms with Crippen molar-refractivity contribution in [3.05, 3.63) is 64.0 Å². The van der Waals surface area contributed by atoms with Crippen molar-refractivity contribution in [1.82, 2.24) is 14.9 Å². The van der Waals surface area contributed by atoms with Crippen LogP contribution in [0.3, 0.4) is 0 Å². The molecule has 1 N–H and O–H groups in total. The van der Waals surface area contributed by atoms with Gasteiger partial charge in [0.2, 0.25) is 0 Å². The van der Waals surface area contributed by atoms with Crippen molar-refractivity contribution in [2.45, 2.75) is 44.7 Å². The number of aromatic nitrogens is 2. The van der Waals surface area contributed by atoms with Gasteiger partial charge in [0.15, 0.2) is 11.7 Å². The molecule has 1 saturated carbocycles. The molecule has 2 heterocycles. The van der Waals surface area contributed by atoms with Gasteiger partial charge in [-0.05, 0) is 55.6 Å². The number of carbonyl (C=O) groups excluding carboxylic acids is 2. The molecule has 0 spiro atoms. The van der Waals surface area contributed by atoms with Gasteiger partial charge in [-0.1, -0.05) is 41.1 Å². The molecule has 1 aromatic carbocycles. The van der Waals surface area contributed by atoms with E-state index in [-0.39, 0.29) is 17.6 Å². The van der Waals surface area contributed by atoms with E-state index in [2.05, 4.69) is 14.9 Å². The van der Waals surface area contributed by atoms with E-state index in [1.165, 1.54) is 4.90 Å². The number of furan rings is 1. The summed E-state index contributed by atoms with van der Waals surface area (Å²) in [5.74, 6) is 0.218. The minimum absolute atomic E-state index is 0.0835. The highest BCUT2D eigenvalue weighted by atomic mass is 35.5. The number of amides is 2. The fourth-order valence-electron chi connectivity index (χ4n) is 3.72. The third kappa shape index (κ3) is 4.24. The van der Waals surface area contributed by atoms with Gasteiger partial charge < -0.3 is 9.73 Å². The summed E-state index contributed by atoms with van der Waals surface area (Å²) >= 11 is 7.51. The Bertz CT molecular complexity index is 1030. The molecule has 0 bridgehead atoms. The summed E-state index contributed by atoms with van der Waals surface area (Å²) in [5.41, 5.74) is 0.541. The Morgan fingerprint density at radius 1 is 1.23 bits per heavy atom. The van der Waals surface area contributed by atoms with Crippen LogP contribution in [0.4, 0.5) is 5.69 Å². The highest BCUT2D eigenvalue weighted by Crippen LogP contribution is 2.35.